The van der Waals surface area contributed by atoms with Crippen molar-refractivity contribution in [3.05, 3.63) is 0 Å². The summed E-state index contributed by atoms with van der Waals surface area (Å²) in [4.78, 5) is 13.9. The number of carbonyl (C=O) groups is 1. The largest absolute Gasteiger partial charge is 0.466 e. The highest BCUT2D eigenvalue weighted by Crippen LogP contribution is 2.31. The van der Waals surface area contributed by atoms with E-state index in [1.54, 1.807) is 0 Å². The molecule has 0 aliphatic heterocycles. The molecule has 0 aromatic heterocycles. The molecule has 1 fully saturated rings. The third-order valence-corrected chi connectivity index (χ3v) is 3.16. The zero-order chi connectivity index (χ0) is 12.1. The van der Waals surface area contributed by atoms with Crippen LogP contribution in [-0.2, 0) is 9.53 Å². The zero-order valence-electron chi connectivity index (χ0n) is 11.0. The summed E-state index contributed by atoms with van der Waals surface area (Å²) in [7, 11) is 0. The third kappa shape index (κ3) is 4.52. The van der Waals surface area contributed by atoms with Crippen LogP contribution in [0.2, 0.25) is 0 Å². The van der Waals surface area contributed by atoms with Crippen molar-refractivity contribution in [1.29, 1.82) is 0 Å². The molecule has 94 valence electrons. The van der Waals surface area contributed by atoms with Crippen LogP contribution in [0.25, 0.3) is 0 Å². The van der Waals surface area contributed by atoms with E-state index < -0.39 is 0 Å². The fourth-order valence-corrected chi connectivity index (χ4v) is 2.08. The fraction of sp³-hybridized carbons (Fsp3) is 0.923. The molecule has 16 heavy (non-hydrogen) atoms. The lowest BCUT2D eigenvalue weighted by atomic mass is 10.1. The second-order valence-electron chi connectivity index (χ2n) is 5.09. The molecule has 0 radical (unpaired) electrons. The van der Waals surface area contributed by atoms with Crippen molar-refractivity contribution in [3.63, 3.8) is 0 Å². The van der Waals surface area contributed by atoms with Crippen LogP contribution in [-0.4, -0.2) is 36.1 Å². The van der Waals surface area contributed by atoms with Gasteiger partial charge in [0.05, 0.1) is 13.0 Å². The van der Waals surface area contributed by atoms with Gasteiger partial charge in [-0.1, -0.05) is 0 Å². The van der Waals surface area contributed by atoms with Crippen LogP contribution in [0.3, 0.4) is 0 Å². The van der Waals surface area contributed by atoms with Crippen LogP contribution >= 0.6 is 0 Å². The molecule has 1 aliphatic carbocycles. The number of esters is 1. The van der Waals surface area contributed by atoms with Gasteiger partial charge in [-0.2, -0.15) is 0 Å². The Balaban J connectivity index is 2.39. The number of ether oxygens (including phenoxy) is 1. The molecule has 0 bridgehead atoms. The quantitative estimate of drug-likeness (QED) is 0.626. The average Bonchev–Trinajstić information content (AvgIpc) is 2.97. The van der Waals surface area contributed by atoms with Crippen molar-refractivity contribution in [1.82, 2.24) is 4.90 Å². The molecule has 1 unspecified atom stereocenters. The minimum absolute atomic E-state index is 0.0727. The molecule has 0 spiro atoms. The summed E-state index contributed by atoms with van der Waals surface area (Å²) in [6.07, 6.45) is 3.23. The van der Waals surface area contributed by atoms with Gasteiger partial charge in [0.15, 0.2) is 0 Å². The minimum atomic E-state index is -0.0727. The number of hydrogen-bond acceptors (Lipinski definition) is 3. The van der Waals surface area contributed by atoms with E-state index in [2.05, 4.69) is 25.7 Å². The lowest BCUT2D eigenvalue weighted by molar-refractivity contribution is -0.144. The molecular formula is C13H25NO2. The van der Waals surface area contributed by atoms with Crippen molar-refractivity contribution in [2.45, 2.75) is 59.0 Å². The maximum Gasteiger partial charge on any atom is 0.307 e. The van der Waals surface area contributed by atoms with Crippen molar-refractivity contribution >= 4 is 5.97 Å². The predicted molar refractivity (Wildman–Crippen MR) is 65.3 cm³/mol. The SMILES string of the molecule is CCOC(=O)CC(C)N(CC1CC1)C(C)C. The number of nitrogens with zero attached hydrogens (tertiary/aromatic N) is 1. The standard InChI is InChI=1S/C13H25NO2/c1-5-16-13(15)8-11(4)14(10(2)3)9-12-6-7-12/h10-12H,5-9H2,1-4H3. The summed E-state index contributed by atoms with van der Waals surface area (Å²) in [5.74, 6) is 0.795. The van der Waals surface area contributed by atoms with Crippen LogP contribution in [0.15, 0.2) is 0 Å². The van der Waals surface area contributed by atoms with E-state index in [-0.39, 0.29) is 5.97 Å². The lowest BCUT2D eigenvalue weighted by Crippen LogP contribution is -2.41. The molecule has 0 amide bonds. The van der Waals surface area contributed by atoms with Gasteiger partial charge >= 0.3 is 5.97 Å². The van der Waals surface area contributed by atoms with Gasteiger partial charge in [-0.05, 0) is 46.5 Å². The summed E-state index contributed by atoms with van der Waals surface area (Å²) >= 11 is 0. The van der Waals surface area contributed by atoms with Gasteiger partial charge in [-0.15, -0.1) is 0 Å². The third-order valence-electron chi connectivity index (χ3n) is 3.16. The molecule has 3 heteroatoms. The summed E-state index contributed by atoms with van der Waals surface area (Å²) in [5.41, 5.74) is 0. The highest BCUT2D eigenvalue weighted by atomic mass is 16.5. The molecule has 1 rings (SSSR count). The van der Waals surface area contributed by atoms with Gasteiger partial charge in [0.1, 0.15) is 0 Å². The van der Waals surface area contributed by atoms with Crippen molar-refractivity contribution in [2.75, 3.05) is 13.2 Å². The Kier molecular flexibility index (Phi) is 5.26. The molecule has 1 saturated carbocycles. The summed E-state index contributed by atoms with van der Waals surface area (Å²) in [6, 6.07) is 0.796. The van der Waals surface area contributed by atoms with E-state index in [1.165, 1.54) is 12.8 Å². The Labute approximate surface area is 99.1 Å². The van der Waals surface area contributed by atoms with Gasteiger partial charge in [0.2, 0.25) is 0 Å². The lowest BCUT2D eigenvalue weighted by Gasteiger charge is -2.32. The molecule has 1 atom stereocenters. The zero-order valence-corrected chi connectivity index (χ0v) is 11.0. The average molecular weight is 227 g/mol. The van der Waals surface area contributed by atoms with E-state index in [0.717, 1.165) is 12.5 Å². The Bertz CT molecular complexity index is 224. The normalized spacial score (nSPS) is 17.9. The molecule has 0 aromatic carbocycles. The number of rotatable bonds is 7. The summed E-state index contributed by atoms with van der Waals surface area (Å²) in [5, 5.41) is 0. The molecule has 0 saturated heterocycles. The van der Waals surface area contributed by atoms with Gasteiger partial charge in [0.25, 0.3) is 0 Å². The second-order valence-corrected chi connectivity index (χ2v) is 5.09. The van der Waals surface area contributed by atoms with Crippen molar-refractivity contribution in [3.8, 4) is 0 Å². The van der Waals surface area contributed by atoms with Crippen LogP contribution in [0.5, 0.6) is 0 Å². The number of hydrogen-bond donors (Lipinski definition) is 0. The Morgan fingerprint density at radius 2 is 2.00 bits per heavy atom. The maximum atomic E-state index is 11.4. The molecule has 3 nitrogen and oxygen atoms in total. The van der Waals surface area contributed by atoms with Gasteiger partial charge < -0.3 is 4.74 Å². The first-order valence-electron chi connectivity index (χ1n) is 6.46. The highest BCUT2D eigenvalue weighted by Gasteiger charge is 2.28. The van der Waals surface area contributed by atoms with Crippen LogP contribution in [0.4, 0.5) is 0 Å². The molecule has 1 aliphatic rings. The first-order valence-corrected chi connectivity index (χ1v) is 6.46. The van der Waals surface area contributed by atoms with Crippen LogP contribution < -0.4 is 0 Å². The number of carbonyl (C=O) groups excluding carboxylic acids is 1. The molecule has 0 heterocycles. The summed E-state index contributed by atoms with van der Waals surface area (Å²) < 4.78 is 5.00. The van der Waals surface area contributed by atoms with E-state index in [9.17, 15) is 4.79 Å². The van der Waals surface area contributed by atoms with Gasteiger partial charge in [-0.25, -0.2) is 0 Å². The van der Waals surface area contributed by atoms with Crippen molar-refractivity contribution in [2.24, 2.45) is 5.92 Å². The Morgan fingerprint density at radius 3 is 2.44 bits per heavy atom. The Morgan fingerprint density at radius 1 is 1.38 bits per heavy atom. The van der Waals surface area contributed by atoms with Crippen LogP contribution in [0.1, 0.15) is 47.0 Å². The maximum absolute atomic E-state index is 11.4. The van der Waals surface area contributed by atoms with Crippen LogP contribution in [0, 0.1) is 5.92 Å². The smallest absolute Gasteiger partial charge is 0.307 e. The molecule has 0 N–H and O–H groups in total. The first-order chi connectivity index (χ1) is 7.54. The van der Waals surface area contributed by atoms with E-state index in [0.29, 0.717) is 25.1 Å². The van der Waals surface area contributed by atoms with Gasteiger partial charge in [0, 0.05) is 18.6 Å². The van der Waals surface area contributed by atoms with E-state index >= 15 is 0 Å². The van der Waals surface area contributed by atoms with Gasteiger partial charge in [-0.3, -0.25) is 9.69 Å². The van der Waals surface area contributed by atoms with E-state index in [1.807, 2.05) is 6.92 Å². The van der Waals surface area contributed by atoms with Crippen molar-refractivity contribution < 1.29 is 9.53 Å². The fourth-order valence-electron chi connectivity index (χ4n) is 2.08. The first kappa shape index (κ1) is 13.5. The monoisotopic (exact) mass is 227 g/mol. The second kappa shape index (κ2) is 6.24. The molecular weight excluding hydrogens is 202 g/mol. The molecule has 0 aromatic rings. The topological polar surface area (TPSA) is 29.5 Å². The Hall–Kier alpha value is -0.570. The van der Waals surface area contributed by atoms with E-state index in [4.69, 9.17) is 4.74 Å². The highest BCUT2D eigenvalue weighted by molar-refractivity contribution is 5.70. The summed E-state index contributed by atoms with van der Waals surface area (Å²) in [6.45, 7) is 9.99. The predicted octanol–water partition coefficient (Wildman–Crippen LogP) is 2.45. The minimum Gasteiger partial charge on any atom is -0.466 e.